The van der Waals surface area contributed by atoms with Gasteiger partial charge in [0.2, 0.25) is 0 Å². The Labute approximate surface area is 73.8 Å². The van der Waals surface area contributed by atoms with E-state index < -0.39 is 0 Å². The van der Waals surface area contributed by atoms with Crippen LogP contribution in [0, 0.1) is 17.8 Å². The van der Waals surface area contributed by atoms with E-state index in [-0.39, 0.29) is 0 Å². The van der Waals surface area contributed by atoms with Crippen LogP contribution in [0.25, 0.3) is 0 Å². The van der Waals surface area contributed by atoms with Crippen LogP contribution in [-0.4, -0.2) is 5.78 Å². The first-order valence-electron chi connectivity index (χ1n) is 4.97. The summed E-state index contributed by atoms with van der Waals surface area (Å²) in [5, 5.41) is 0. The molecule has 2 aliphatic rings. The van der Waals surface area contributed by atoms with Crippen molar-refractivity contribution in [2.75, 3.05) is 0 Å². The van der Waals surface area contributed by atoms with Gasteiger partial charge in [-0.25, -0.2) is 0 Å². The quantitative estimate of drug-likeness (QED) is 0.573. The molecule has 1 heteroatoms. The van der Waals surface area contributed by atoms with Crippen molar-refractivity contribution in [3.05, 3.63) is 12.2 Å². The molecule has 0 spiro atoms. The smallest absolute Gasteiger partial charge is 0.158 e. The SMILES string of the molecule is C/C=C/C(=O)[C@@H]1C[C@H]2CC[C@@H]1C2. The molecule has 0 unspecified atom stereocenters. The zero-order chi connectivity index (χ0) is 8.55. The maximum absolute atomic E-state index is 11.5. The highest BCUT2D eigenvalue weighted by molar-refractivity contribution is 5.92. The van der Waals surface area contributed by atoms with E-state index in [0.29, 0.717) is 11.7 Å². The minimum absolute atomic E-state index is 0.379. The molecule has 66 valence electrons. The monoisotopic (exact) mass is 164 g/mol. The van der Waals surface area contributed by atoms with Gasteiger partial charge in [0.05, 0.1) is 0 Å². The summed E-state index contributed by atoms with van der Waals surface area (Å²) in [5.74, 6) is 2.39. The number of carbonyl (C=O) groups is 1. The highest BCUT2D eigenvalue weighted by Crippen LogP contribution is 2.48. The summed E-state index contributed by atoms with van der Waals surface area (Å²) in [4.78, 5) is 11.5. The highest BCUT2D eigenvalue weighted by atomic mass is 16.1. The van der Waals surface area contributed by atoms with Gasteiger partial charge in [-0.05, 0) is 44.1 Å². The topological polar surface area (TPSA) is 17.1 Å². The molecule has 1 nitrogen and oxygen atoms in total. The number of carbonyl (C=O) groups excluding carboxylic acids is 1. The van der Waals surface area contributed by atoms with Crippen molar-refractivity contribution < 1.29 is 4.79 Å². The van der Waals surface area contributed by atoms with Crippen LogP contribution in [0.3, 0.4) is 0 Å². The van der Waals surface area contributed by atoms with E-state index >= 15 is 0 Å². The Balaban J connectivity index is 2.02. The van der Waals surface area contributed by atoms with Crippen molar-refractivity contribution >= 4 is 5.78 Å². The Morgan fingerprint density at radius 1 is 1.33 bits per heavy atom. The Morgan fingerprint density at radius 3 is 2.67 bits per heavy atom. The van der Waals surface area contributed by atoms with Gasteiger partial charge in [-0.3, -0.25) is 4.79 Å². The van der Waals surface area contributed by atoms with Crippen LogP contribution in [0.15, 0.2) is 12.2 Å². The van der Waals surface area contributed by atoms with E-state index in [4.69, 9.17) is 0 Å². The Bertz CT molecular complexity index is 217. The fourth-order valence-electron chi connectivity index (χ4n) is 2.88. The molecule has 2 aliphatic carbocycles. The fourth-order valence-corrected chi connectivity index (χ4v) is 2.88. The first kappa shape index (κ1) is 8.03. The summed E-state index contributed by atoms with van der Waals surface area (Å²) < 4.78 is 0. The molecule has 0 aromatic carbocycles. The summed E-state index contributed by atoms with van der Waals surface area (Å²) in [6, 6.07) is 0. The minimum atomic E-state index is 0.379. The molecule has 0 aromatic heterocycles. The first-order chi connectivity index (χ1) is 5.81. The molecule has 0 amide bonds. The van der Waals surface area contributed by atoms with E-state index in [9.17, 15) is 4.79 Å². The molecule has 0 saturated heterocycles. The van der Waals surface area contributed by atoms with Gasteiger partial charge in [-0.15, -0.1) is 0 Å². The number of fused-ring (bicyclic) bond motifs is 2. The molecular formula is C11H16O. The molecule has 0 N–H and O–H groups in total. The number of allylic oxidation sites excluding steroid dienone is 2. The Morgan fingerprint density at radius 2 is 2.17 bits per heavy atom. The van der Waals surface area contributed by atoms with Crippen LogP contribution in [0.5, 0.6) is 0 Å². The molecule has 2 rings (SSSR count). The predicted molar refractivity (Wildman–Crippen MR) is 48.8 cm³/mol. The molecule has 0 aliphatic heterocycles. The summed E-state index contributed by atoms with van der Waals surface area (Å²) >= 11 is 0. The minimum Gasteiger partial charge on any atom is -0.295 e. The maximum atomic E-state index is 11.5. The molecule has 12 heavy (non-hydrogen) atoms. The van der Waals surface area contributed by atoms with E-state index in [2.05, 4.69) is 0 Å². The van der Waals surface area contributed by atoms with Crippen molar-refractivity contribution in [3.63, 3.8) is 0 Å². The second-order valence-corrected chi connectivity index (χ2v) is 4.18. The lowest BCUT2D eigenvalue weighted by atomic mass is 9.85. The maximum Gasteiger partial charge on any atom is 0.158 e. The number of ketones is 1. The number of hydrogen-bond donors (Lipinski definition) is 0. The van der Waals surface area contributed by atoms with Crippen molar-refractivity contribution in [3.8, 4) is 0 Å². The van der Waals surface area contributed by atoms with Crippen LogP contribution in [0.4, 0.5) is 0 Å². The van der Waals surface area contributed by atoms with Gasteiger partial charge >= 0.3 is 0 Å². The fraction of sp³-hybridized carbons (Fsp3) is 0.727. The lowest BCUT2D eigenvalue weighted by molar-refractivity contribution is -0.119. The lowest BCUT2D eigenvalue weighted by Crippen LogP contribution is -2.18. The molecule has 0 aromatic rings. The standard InChI is InChI=1S/C11H16O/c1-2-3-11(12)10-7-8-4-5-9(10)6-8/h2-3,8-10H,4-7H2,1H3/b3-2+/t8-,9+,10+/m0/s1. The van der Waals surface area contributed by atoms with Gasteiger partial charge in [0.25, 0.3) is 0 Å². The van der Waals surface area contributed by atoms with E-state index in [1.54, 1.807) is 6.08 Å². The zero-order valence-corrected chi connectivity index (χ0v) is 7.62. The van der Waals surface area contributed by atoms with Crippen molar-refractivity contribution in [1.82, 2.24) is 0 Å². The van der Waals surface area contributed by atoms with Gasteiger partial charge in [-0.2, -0.15) is 0 Å². The van der Waals surface area contributed by atoms with E-state index in [1.165, 1.54) is 25.7 Å². The molecule has 3 atom stereocenters. The molecule has 0 heterocycles. The molecule has 2 bridgehead atoms. The number of hydrogen-bond acceptors (Lipinski definition) is 1. The average molecular weight is 164 g/mol. The van der Waals surface area contributed by atoms with Crippen LogP contribution < -0.4 is 0 Å². The second kappa shape index (κ2) is 3.04. The third-order valence-corrected chi connectivity index (χ3v) is 3.43. The highest BCUT2D eigenvalue weighted by Gasteiger charge is 2.41. The molecular weight excluding hydrogens is 148 g/mol. The van der Waals surface area contributed by atoms with Gasteiger partial charge in [-0.1, -0.05) is 12.5 Å². The second-order valence-electron chi connectivity index (χ2n) is 4.18. The van der Waals surface area contributed by atoms with Crippen LogP contribution >= 0.6 is 0 Å². The van der Waals surface area contributed by atoms with E-state index in [0.717, 1.165) is 11.8 Å². The average Bonchev–Trinajstić information content (AvgIpc) is 2.64. The van der Waals surface area contributed by atoms with Gasteiger partial charge in [0, 0.05) is 5.92 Å². The van der Waals surface area contributed by atoms with Gasteiger partial charge in [0.15, 0.2) is 5.78 Å². The largest absolute Gasteiger partial charge is 0.295 e. The van der Waals surface area contributed by atoms with Gasteiger partial charge < -0.3 is 0 Å². The van der Waals surface area contributed by atoms with Gasteiger partial charge in [0.1, 0.15) is 0 Å². The lowest BCUT2D eigenvalue weighted by Gasteiger charge is -2.18. The normalized spacial score (nSPS) is 39.6. The summed E-state index contributed by atoms with van der Waals surface area (Å²) in [6.07, 6.45) is 8.81. The Kier molecular flexibility index (Phi) is 2.03. The molecule has 2 saturated carbocycles. The molecule has 2 fully saturated rings. The summed E-state index contributed by atoms with van der Waals surface area (Å²) in [6.45, 7) is 1.92. The Hall–Kier alpha value is -0.590. The third kappa shape index (κ3) is 1.21. The van der Waals surface area contributed by atoms with Crippen molar-refractivity contribution in [2.24, 2.45) is 17.8 Å². The van der Waals surface area contributed by atoms with Crippen LogP contribution in [-0.2, 0) is 4.79 Å². The van der Waals surface area contributed by atoms with Crippen LogP contribution in [0.2, 0.25) is 0 Å². The third-order valence-electron chi connectivity index (χ3n) is 3.43. The first-order valence-corrected chi connectivity index (χ1v) is 4.97. The van der Waals surface area contributed by atoms with Crippen molar-refractivity contribution in [2.45, 2.75) is 32.6 Å². The summed E-state index contributed by atoms with van der Waals surface area (Å²) in [5.41, 5.74) is 0. The van der Waals surface area contributed by atoms with E-state index in [1.807, 2.05) is 13.0 Å². The van der Waals surface area contributed by atoms with Crippen LogP contribution in [0.1, 0.15) is 32.6 Å². The predicted octanol–water partition coefficient (Wildman–Crippen LogP) is 2.57. The number of rotatable bonds is 2. The summed E-state index contributed by atoms with van der Waals surface area (Å²) in [7, 11) is 0. The zero-order valence-electron chi connectivity index (χ0n) is 7.62. The molecule has 0 radical (unpaired) electrons. The van der Waals surface area contributed by atoms with Crippen molar-refractivity contribution in [1.29, 1.82) is 0 Å².